The Morgan fingerprint density at radius 1 is 0.920 bits per heavy atom. The highest BCUT2D eigenvalue weighted by molar-refractivity contribution is 5.99. The molecule has 0 aliphatic heterocycles. The molecular weight excluding hydrogens is 304 g/mol. The maximum atomic E-state index is 5.59. The van der Waals surface area contributed by atoms with Crippen LogP contribution in [-0.2, 0) is 0 Å². The van der Waals surface area contributed by atoms with Gasteiger partial charge in [-0.25, -0.2) is 0 Å². The Bertz CT molecular complexity index is 825. The van der Waals surface area contributed by atoms with E-state index in [2.05, 4.69) is 70.2 Å². The molecule has 25 heavy (non-hydrogen) atoms. The number of hydrogen-bond donors (Lipinski definition) is 0. The van der Waals surface area contributed by atoms with Crippen molar-refractivity contribution in [3.05, 3.63) is 59.2 Å². The molecule has 2 aromatic carbocycles. The molecule has 0 bridgehead atoms. The van der Waals surface area contributed by atoms with Crippen molar-refractivity contribution >= 4 is 16.3 Å². The molecule has 1 heteroatoms. The van der Waals surface area contributed by atoms with E-state index in [9.17, 15) is 0 Å². The van der Waals surface area contributed by atoms with Gasteiger partial charge in [-0.15, -0.1) is 0 Å². The molecule has 0 spiro atoms. The van der Waals surface area contributed by atoms with Gasteiger partial charge in [0.25, 0.3) is 0 Å². The minimum Gasteiger partial charge on any atom is -0.496 e. The molecule has 0 radical (unpaired) electrons. The van der Waals surface area contributed by atoms with Crippen molar-refractivity contribution in [3.8, 4) is 5.75 Å². The Morgan fingerprint density at radius 2 is 1.60 bits per heavy atom. The van der Waals surface area contributed by atoms with Crippen molar-refractivity contribution in [1.82, 2.24) is 0 Å². The molecule has 2 unspecified atom stereocenters. The Labute approximate surface area is 152 Å². The van der Waals surface area contributed by atoms with Crippen LogP contribution >= 0.6 is 0 Å². The fourth-order valence-corrected chi connectivity index (χ4v) is 3.85. The van der Waals surface area contributed by atoms with Crippen LogP contribution < -0.4 is 4.74 Å². The number of benzene rings is 2. The fourth-order valence-electron chi connectivity index (χ4n) is 3.85. The molecule has 1 aliphatic rings. The average Bonchev–Trinajstić information content (AvgIpc) is 3.11. The molecule has 0 saturated carbocycles. The summed E-state index contributed by atoms with van der Waals surface area (Å²) in [6.07, 6.45) is 5.97. The fraction of sp³-hybridized carbons (Fsp3) is 0.417. The minimum absolute atomic E-state index is 0.595. The van der Waals surface area contributed by atoms with Crippen LogP contribution in [0.15, 0.2) is 53.6 Å². The van der Waals surface area contributed by atoms with Crippen molar-refractivity contribution in [2.45, 2.75) is 47.0 Å². The molecule has 1 nitrogen and oxygen atoms in total. The topological polar surface area (TPSA) is 9.23 Å². The highest BCUT2D eigenvalue weighted by atomic mass is 16.5. The summed E-state index contributed by atoms with van der Waals surface area (Å²) < 4.78 is 5.59. The van der Waals surface area contributed by atoms with Crippen LogP contribution in [0.25, 0.3) is 16.3 Å². The summed E-state index contributed by atoms with van der Waals surface area (Å²) in [7, 11) is 1.75. The largest absolute Gasteiger partial charge is 0.496 e. The van der Waals surface area contributed by atoms with Gasteiger partial charge in [0.2, 0.25) is 0 Å². The Hall–Kier alpha value is -2.02. The summed E-state index contributed by atoms with van der Waals surface area (Å²) in [4.78, 5) is 0. The van der Waals surface area contributed by atoms with Gasteiger partial charge in [0.1, 0.15) is 5.75 Å². The van der Waals surface area contributed by atoms with Crippen molar-refractivity contribution in [2.75, 3.05) is 7.11 Å². The summed E-state index contributed by atoms with van der Waals surface area (Å²) >= 11 is 0. The molecule has 0 heterocycles. The van der Waals surface area contributed by atoms with E-state index in [1.54, 1.807) is 12.7 Å². The number of rotatable bonds is 6. The van der Waals surface area contributed by atoms with E-state index in [1.165, 1.54) is 40.3 Å². The lowest BCUT2D eigenvalue weighted by Crippen LogP contribution is -1.98. The van der Waals surface area contributed by atoms with E-state index in [1.807, 2.05) is 0 Å². The first kappa shape index (κ1) is 17.8. The molecular formula is C24H30O. The minimum atomic E-state index is 0.595. The van der Waals surface area contributed by atoms with E-state index in [4.69, 9.17) is 4.74 Å². The zero-order valence-electron chi connectivity index (χ0n) is 16.2. The molecule has 0 aromatic heterocycles. The molecule has 2 aromatic rings. The highest BCUT2D eigenvalue weighted by Crippen LogP contribution is 2.44. The third-order valence-corrected chi connectivity index (χ3v) is 5.89. The summed E-state index contributed by atoms with van der Waals surface area (Å²) in [5.74, 6) is 2.21. The quantitative estimate of drug-likeness (QED) is 0.551. The second kappa shape index (κ2) is 7.47. The molecule has 0 saturated heterocycles. The van der Waals surface area contributed by atoms with Crippen LogP contribution in [0, 0.1) is 11.8 Å². The number of hydrogen-bond acceptors (Lipinski definition) is 1. The average molecular weight is 335 g/mol. The predicted octanol–water partition coefficient (Wildman–Crippen LogP) is 7.02. The molecule has 1 aliphatic carbocycles. The van der Waals surface area contributed by atoms with E-state index in [-0.39, 0.29) is 0 Å². The Balaban J connectivity index is 2.16. The van der Waals surface area contributed by atoms with Crippen molar-refractivity contribution in [3.63, 3.8) is 0 Å². The summed E-state index contributed by atoms with van der Waals surface area (Å²) in [5, 5.41) is 2.51. The van der Waals surface area contributed by atoms with Crippen molar-refractivity contribution < 1.29 is 4.74 Å². The number of ether oxygens (including phenoxy) is 1. The number of fused-ring (bicyclic) bond motifs is 1. The second-order valence-electron chi connectivity index (χ2n) is 7.31. The third kappa shape index (κ3) is 3.25. The first-order valence-corrected chi connectivity index (χ1v) is 9.60. The van der Waals surface area contributed by atoms with Gasteiger partial charge in [-0.05, 0) is 59.3 Å². The normalized spacial score (nSPS) is 16.9. The molecule has 132 valence electrons. The summed E-state index contributed by atoms with van der Waals surface area (Å²) in [6.45, 7) is 9.29. The lowest BCUT2D eigenvalue weighted by molar-refractivity contribution is 0.420. The molecule has 0 amide bonds. The third-order valence-electron chi connectivity index (χ3n) is 5.89. The van der Waals surface area contributed by atoms with Gasteiger partial charge < -0.3 is 4.74 Å². The maximum absolute atomic E-state index is 5.59. The van der Waals surface area contributed by atoms with Gasteiger partial charge in [-0.3, -0.25) is 0 Å². The zero-order valence-corrected chi connectivity index (χ0v) is 16.2. The molecule has 2 atom stereocenters. The highest BCUT2D eigenvalue weighted by Gasteiger charge is 2.24. The Kier molecular flexibility index (Phi) is 5.32. The van der Waals surface area contributed by atoms with Crippen molar-refractivity contribution in [1.29, 1.82) is 0 Å². The lowest BCUT2D eigenvalue weighted by Gasteiger charge is -2.17. The monoisotopic (exact) mass is 334 g/mol. The summed E-state index contributed by atoms with van der Waals surface area (Å²) in [5.41, 5.74) is 6.02. The van der Waals surface area contributed by atoms with E-state index < -0.39 is 0 Å². The van der Waals surface area contributed by atoms with E-state index in [0.29, 0.717) is 11.8 Å². The van der Waals surface area contributed by atoms with Gasteiger partial charge in [0, 0.05) is 5.39 Å². The standard InChI is InChI=1S/C24H30O/c1-6-16(3)18-14-22(17(4)7-2)23(15-18)20-12-13-24(25-5)21-11-9-8-10-19(20)21/h8-14,16-17H,6-7,15H2,1-5H3. The van der Waals surface area contributed by atoms with Crippen LogP contribution in [0.1, 0.15) is 52.5 Å². The van der Waals surface area contributed by atoms with Gasteiger partial charge in [-0.2, -0.15) is 0 Å². The van der Waals surface area contributed by atoms with Crippen LogP contribution in [0.3, 0.4) is 0 Å². The first-order valence-electron chi connectivity index (χ1n) is 9.60. The smallest absolute Gasteiger partial charge is 0.126 e. The number of methoxy groups -OCH3 is 1. The molecule has 0 fully saturated rings. The molecule has 3 rings (SSSR count). The Morgan fingerprint density at radius 3 is 2.24 bits per heavy atom. The van der Waals surface area contributed by atoms with Crippen LogP contribution in [0.2, 0.25) is 0 Å². The lowest BCUT2D eigenvalue weighted by atomic mass is 9.89. The van der Waals surface area contributed by atoms with Crippen molar-refractivity contribution in [2.24, 2.45) is 11.8 Å². The van der Waals surface area contributed by atoms with Gasteiger partial charge in [0.05, 0.1) is 7.11 Å². The molecule has 0 N–H and O–H groups in total. The zero-order chi connectivity index (χ0) is 18.0. The predicted molar refractivity (Wildman–Crippen MR) is 109 cm³/mol. The summed E-state index contributed by atoms with van der Waals surface area (Å²) in [6, 6.07) is 13.0. The van der Waals surface area contributed by atoms with Crippen LogP contribution in [-0.4, -0.2) is 7.11 Å². The number of allylic oxidation sites excluding steroid dienone is 4. The van der Waals surface area contributed by atoms with E-state index >= 15 is 0 Å². The second-order valence-corrected chi connectivity index (χ2v) is 7.31. The van der Waals surface area contributed by atoms with Crippen LogP contribution in [0.5, 0.6) is 5.75 Å². The SMILES string of the molecule is CCC(C)C1=CC(C(C)CC)=C(c2ccc(OC)c3ccccc23)C1. The van der Waals surface area contributed by atoms with Crippen LogP contribution in [0.4, 0.5) is 0 Å². The first-order chi connectivity index (χ1) is 12.1. The van der Waals surface area contributed by atoms with E-state index in [0.717, 1.165) is 12.2 Å². The maximum Gasteiger partial charge on any atom is 0.126 e. The van der Waals surface area contributed by atoms with Gasteiger partial charge in [-0.1, -0.05) is 69.7 Å². The van der Waals surface area contributed by atoms with Gasteiger partial charge in [0.15, 0.2) is 0 Å². The van der Waals surface area contributed by atoms with Gasteiger partial charge >= 0.3 is 0 Å².